The second kappa shape index (κ2) is 7.56. The first-order valence-corrected chi connectivity index (χ1v) is 9.29. The van der Waals surface area contributed by atoms with E-state index < -0.39 is 11.8 Å². The van der Waals surface area contributed by atoms with E-state index in [0.29, 0.717) is 12.5 Å². The highest BCUT2D eigenvalue weighted by atomic mass is 16.7. The molecule has 0 bridgehead atoms. The van der Waals surface area contributed by atoms with Gasteiger partial charge in [-0.3, -0.25) is 0 Å². The number of carbonyl (C=O) groups is 1. The number of hydrogen-bond acceptors (Lipinski definition) is 6. The van der Waals surface area contributed by atoms with Gasteiger partial charge in [-0.05, 0) is 24.6 Å². The van der Waals surface area contributed by atoms with Crippen LogP contribution >= 0.6 is 0 Å². The van der Waals surface area contributed by atoms with E-state index in [1.54, 1.807) is 0 Å². The molecule has 0 radical (unpaired) electrons. The van der Waals surface area contributed by atoms with Crippen molar-refractivity contribution in [2.75, 3.05) is 13.2 Å². The van der Waals surface area contributed by atoms with E-state index in [9.17, 15) is 4.79 Å². The number of aliphatic carboxylic acids is 1. The second-order valence-electron chi connectivity index (χ2n) is 8.20. The van der Waals surface area contributed by atoms with Gasteiger partial charge in [0.05, 0.1) is 13.2 Å². The van der Waals surface area contributed by atoms with Gasteiger partial charge in [0.2, 0.25) is 0 Å². The Morgan fingerprint density at radius 2 is 1.86 bits per heavy atom. The third-order valence-corrected chi connectivity index (χ3v) is 4.77. The van der Waals surface area contributed by atoms with Gasteiger partial charge in [-0.15, -0.1) is 0 Å². The fourth-order valence-electron chi connectivity index (χ4n) is 2.80. The summed E-state index contributed by atoms with van der Waals surface area (Å²) in [5, 5.41) is 9.13. The maximum absolute atomic E-state index is 11.2. The van der Waals surface area contributed by atoms with Crippen LogP contribution in [0.4, 0.5) is 0 Å². The largest absolute Gasteiger partial charge is 0.487 e. The number of oxazole rings is 1. The van der Waals surface area contributed by atoms with Gasteiger partial charge in [0, 0.05) is 18.3 Å². The molecule has 1 fully saturated rings. The minimum absolute atomic E-state index is 0.0198. The molecule has 7 nitrogen and oxygen atoms in total. The predicted octanol–water partition coefficient (Wildman–Crippen LogP) is 3.79. The Labute approximate surface area is 164 Å². The minimum atomic E-state index is -1.57. The van der Waals surface area contributed by atoms with Gasteiger partial charge in [0.25, 0.3) is 5.79 Å². The third kappa shape index (κ3) is 4.36. The molecule has 0 amide bonds. The smallest absolute Gasteiger partial charge is 0.364 e. The molecule has 3 rings (SSSR count). The molecule has 1 aliphatic rings. The van der Waals surface area contributed by atoms with E-state index in [1.165, 1.54) is 6.92 Å². The second-order valence-corrected chi connectivity index (χ2v) is 8.20. The molecule has 0 spiro atoms. The molecule has 0 saturated carbocycles. The van der Waals surface area contributed by atoms with Gasteiger partial charge < -0.3 is 23.7 Å². The minimum Gasteiger partial charge on any atom is -0.487 e. The van der Waals surface area contributed by atoms with Crippen LogP contribution in [0.3, 0.4) is 0 Å². The highest BCUT2D eigenvalue weighted by Crippen LogP contribution is 2.29. The van der Waals surface area contributed by atoms with Crippen LogP contribution in [0.25, 0.3) is 0 Å². The lowest BCUT2D eigenvalue weighted by molar-refractivity contribution is -0.262. The summed E-state index contributed by atoms with van der Waals surface area (Å²) >= 11 is 0. The van der Waals surface area contributed by atoms with Crippen molar-refractivity contribution in [3.8, 4) is 5.75 Å². The van der Waals surface area contributed by atoms with Crippen molar-refractivity contribution < 1.29 is 28.5 Å². The number of aryl methyl sites for hydroxylation is 1. The highest BCUT2D eigenvalue weighted by molar-refractivity contribution is 5.75. The molecular formula is C21H27NO6. The Bertz CT molecular complexity index is 826. The van der Waals surface area contributed by atoms with Gasteiger partial charge in [-0.25, -0.2) is 9.78 Å². The molecule has 7 heteroatoms. The Morgan fingerprint density at radius 1 is 1.25 bits per heavy atom. The van der Waals surface area contributed by atoms with Crippen molar-refractivity contribution >= 4 is 5.97 Å². The number of aromatic nitrogens is 1. The molecule has 0 aliphatic carbocycles. The summed E-state index contributed by atoms with van der Waals surface area (Å²) in [5.74, 6) is -0.525. The Morgan fingerprint density at radius 3 is 2.36 bits per heavy atom. The zero-order valence-corrected chi connectivity index (χ0v) is 16.9. The van der Waals surface area contributed by atoms with Crippen LogP contribution in [0.1, 0.15) is 56.5 Å². The van der Waals surface area contributed by atoms with Crippen LogP contribution in [0.5, 0.6) is 5.75 Å². The number of ether oxygens (including phenoxy) is 3. The van der Waals surface area contributed by atoms with Crippen molar-refractivity contribution in [2.24, 2.45) is 0 Å². The van der Waals surface area contributed by atoms with E-state index in [0.717, 1.165) is 22.8 Å². The molecule has 28 heavy (non-hydrogen) atoms. The zero-order valence-electron chi connectivity index (χ0n) is 16.9. The monoisotopic (exact) mass is 389 g/mol. The van der Waals surface area contributed by atoms with Crippen molar-refractivity contribution in [3.05, 3.63) is 47.2 Å². The van der Waals surface area contributed by atoms with E-state index in [-0.39, 0.29) is 24.5 Å². The Balaban J connectivity index is 1.58. The van der Waals surface area contributed by atoms with Gasteiger partial charge in [0.1, 0.15) is 23.8 Å². The van der Waals surface area contributed by atoms with Gasteiger partial charge in [-0.1, -0.05) is 32.9 Å². The summed E-state index contributed by atoms with van der Waals surface area (Å²) in [6.07, 6.45) is 0. The first-order valence-electron chi connectivity index (χ1n) is 9.29. The van der Waals surface area contributed by atoms with Crippen LogP contribution < -0.4 is 4.74 Å². The number of hydrogen-bond donors (Lipinski definition) is 1. The number of carboxylic acids is 1. The van der Waals surface area contributed by atoms with Crippen LogP contribution in [-0.4, -0.2) is 35.1 Å². The van der Waals surface area contributed by atoms with E-state index in [2.05, 4.69) is 25.8 Å². The van der Waals surface area contributed by atoms with E-state index in [4.69, 9.17) is 23.7 Å². The molecule has 1 aliphatic heterocycles. The average Bonchev–Trinajstić information content (AvgIpc) is 3.02. The maximum atomic E-state index is 11.2. The van der Waals surface area contributed by atoms with Crippen molar-refractivity contribution in [3.63, 3.8) is 0 Å². The fourth-order valence-corrected chi connectivity index (χ4v) is 2.80. The van der Waals surface area contributed by atoms with Crippen LogP contribution in [0, 0.1) is 6.92 Å². The molecule has 0 atom stereocenters. The molecule has 2 aromatic rings. The molecule has 1 saturated heterocycles. The molecule has 0 unspecified atom stereocenters. The summed E-state index contributed by atoms with van der Waals surface area (Å²) in [5.41, 5.74) is 1.65. The van der Waals surface area contributed by atoms with Gasteiger partial charge in [-0.2, -0.15) is 0 Å². The lowest BCUT2D eigenvalue weighted by Crippen LogP contribution is -2.47. The summed E-state index contributed by atoms with van der Waals surface area (Å²) in [7, 11) is 0. The number of nitrogens with zero attached hydrogens (tertiary/aromatic N) is 1. The Hall–Kier alpha value is -2.38. The van der Waals surface area contributed by atoms with Gasteiger partial charge >= 0.3 is 5.97 Å². The molecule has 1 aromatic carbocycles. The standard InChI is InChI=1S/C21H27NO6/c1-13-17(22-18(28-13)20(2,3)4)12-25-16-8-6-14(7-9-16)15-10-26-21(5,19(23)24)27-11-15/h6-9,15H,10-12H2,1-5H3,(H,23,24). The van der Waals surface area contributed by atoms with Crippen molar-refractivity contribution in [1.29, 1.82) is 0 Å². The number of carboxylic acid groups (broad SMARTS) is 1. The zero-order chi connectivity index (χ0) is 20.5. The number of rotatable bonds is 5. The van der Waals surface area contributed by atoms with Crippen LogP contribution in [-0.2, 0) is 26.3 Å². The molecule has 2 heterocycles. The van der Waals surface area contributed by atoms with Crippen LogP contribution in [0.2, 0.25) is 0 Å². The topological polar surface area (TPSA) is 91.0 Å². The summed E-state index contributed by atoms with van der Waals surface area (Å²) < 4.78 is 22.4. The first-order chi connectivity index (χ1) is 13.1. The van der Waals surface area contributed by atoms with Crippen molar-refractivity contribution in [2.45, 2.75) is 58.3 Å². The lowest BCUT2D eigenvalue weighted by atomic mass is 9.97. The van der Waals surface area contributed by atoms with Crippen LogP contribution in [0.15, 0.2) is 28.7 Å². The number of benzene rings is 1. The van der Waals surface area contributed by atoms with E-state index >= 15 is 0 Å². The summed E-state index contributed by atoms with van der Waals surface area (Å²) in [4.78, 5) is 15.7. The summed E-state index contributed by atoms with van der Waals surface area (Å²) in [6.45, 7) is 10.4. The molecule has 152 valence electrons. The Kier molecular flexibility index (Phi) is 5.50. The van der Waals surface area contributed by atoms with Crippen molar-refractivity contribution in [1.82, 2.24) is 4.98 Å². The normalized spacial score (nSPS) is 22.8. The molecule has 1 N–H and O–H groups in total. The molecule has 1 aromatic heterocycles. The highest BCUT2D eigenvalue weighted by Gasteiger charge is 2.40. The quantitative estimate of drug-likeness (QED) is 0.832. The fraction of sp³-hybridized carbons (Fsp3) is 0.524. The average molecular weight is 389 g/mol. The SMILES string of the molecule is Cc1oc(C(C)(C)C)nc1COc1ccc(C2COC(C)(C(=O)O)OC2)cc1. The van der Waals surface area contributed by atoms with E-state index in [1.807, 2.05) is 31.2 Å². The van der Waals surface area contributed by atoms with Gasteiger partial charge in [0.15, 0.2) is 5.89 Å². The predicted molar refractivity (Wildman–Crippen MR) is 101 cm³/mol. The third-order valence-electron chi connectivity index (χ3n) is 4.77. The molecular weight excluding hydrogens is 362 g/mol. The lowest BCUT2D eigenvalue weighted by Gasteiger charge is -2.34. The maximum Gasteiger partial charge on any atom is 0.364 e. The first kappa shape index (κ1) is 20.4. The summed E-state index contributed by atoms with van der Waals surface area (Å²) in [6, 6.07) is 7.62.